The maximum Gasteiger partial charge on any atom is 0.416 e. The Morgan fingerprint density at radius 1 is 1.29 bits per heavy atom. The molecular formula is C15H14F3NO4S. The Hall–Kier alpha value is -1.87. The van der Waals surface area contributed by atoms with E-state index in [2.05, 4.69) is 5.16 Å². The van der Waals surface area contributed by atoms with E-state index in [0.717, 1.165) is 31.2 Å². The summed E-state index contributed by atoms with van der Waals surface area (Å²) >= 11 is 0. The van der Waals surface area contributed by atoms with Crippen LogP contribution in [0.1, 0.15) is 47.3 Å². The van der Waals surface area contributed by atoms with Crippen molar-refractivity contribution in [1.29, 1.82) is 0 Å². The minimum atomic E-state index is -4.68. The summed E-state index contributed by atoms with van der Waals surface area (Å²) < 4.78 is 67.5. The third-order valence-corrected chi connectivity index (χ3v) is 5.06. The summed E-state index contributed by atoms with van der Waals surface area (Å²) in [6.07, 6.45) is -2.32. The molecule has 1 aromatic heterocycles. The quantitative estimate of drug-likeness (QED) is 0.905. The van der Waals surface area contributed by atoms with Gasteiger partial charge in [-0.3, -0.25) is 0 Å². The zero-order valence-electron chi connectivity index (χ0n) is 12.5. The molecule has 1 atom stereocenters. The average molecular weight is 361 g/mol. The summed E-state index contributed by atoms with van der Waals surface area (Å²) in [7, 11) is -3.98. The van der Waals surface area contributed by atoms with Crippen LogP contribution in [0, 0.1) is 0 Å². The second-order valence-corrected chi connectivity index (χ2v) is 7.83. The molecule has 2 aromatic rings. The van der Waals surface area contributed by atoms with Gasteiger partial charge in [0.15, 0.2) is 9.84 Å². The molecule has 0 spiro atoms. The third kappa shape index (κ3) is 3.18. The van der Waals surface area contributed by atoms with E-state index in [9.17, 15) is 26.7 Å². The highest BCUT2D eigenvalue weighted by molar-refractivity contribution is 7.90. The summed E-state index contributed by atoms with van der Waals surface area (Å²) in [6, 6.07) is 2.27. The maximum absolute atomic E-state index is 12.9. The topological polar surface area (TPSA) is 80.4 Å². The van der Waals surface area contributed by atoms with Crippen LogP contribution in [0.4, 0.5) is 13.2 Å². The first-order valence-corrected chi connectivity index (χ1v) is 9.02. The Morgan fingerprint density at radius 3 is 2.50 bits per heavy atom. The molecule has 1 N–H and O–H groups in total. The van der Waals surface area contributed by atoms with Gasteiger partial charge in [0, 0.05) is 23.3 Å². The molecule has 0 amide bonds. The molecule has 0 saturated heterocycles. The van der Waals surface area contributed by atoms with Gasteiger partial charge in [0.1, 0.15) is 11.9 Å². The Morgan fingerprint density at radius 2 is 1.96 bits per heavy atom. The normalized spacial score (nSPS) is 17.0. The van der Waals surface area contributed by atoms with Crippen molar-refractivity contribution >= 4 is 9.84 Å². The second-order valence-electron chi connectivity index (χ2n) is 5.84. The fraction of sp³-hybridized carbons (Fsp3) is 0.400. The Kier molecular flexibility index (Phi) is 3.95. The first-order chi connectivity index (χ1) is 11.1. The van der Waals surface area contributed by atoms with Gasteiger partial charge in [-0.05, 0) is 25.0 Å². The largest absolute Gasteiger partial charge is 0.416 e. The van der Waals surface area contributed by atoms with E-state index in [1.807, 2.05) is 0 Å². The third-order valence-electron chi connectivity index (χ3n) is 3.91. The number of alkyl halides is 3. The van der Waals surface area contributed by atoms with Gasteiger partial charge in [-0.2, -0.15) is 13.2 Å². The van der Waals surface area contributed by atoms with Crippen molar-refractivity contribution in [3.8, 4) is 0 Å². The highest BCUT2D eigenvalue weighted by atomic mass is 32.2. The molecule has 0 radical (unpaired) electrons. The van der Waals surface area contributed by atoms with Gasteiger partial charge in [-0.15, -0.1) is 0 Å². The van der Waals surface area contributed by atoms with Crippen LogP contribution in [0.25, 0.3) is 0 Å². The van der Waals surface area contributed by atoms with E-state index in [1.54, 1.807) is 0 Å². The van der Waals surface area contributed by atoms with Crippen LogP contribution >= 0.6 is 0 Å². The van der Waals surface area contributed by atoms with Crippen LogP contribution in [0.5, 0.6) is 0 Å². The number of halogens is 3. The maximum atomic E-state index is 12.9. The minimum absolute atomic E-state index is 0.105. The summed E-state index contributed by atoms with van der Waals surface area (Å²) in [5.41, 5.74) is -0.940. The highest BCUT2D eigenvalue weighted by Crippen LogP contribution is 2.44. The zero-order valence-corrected chi connectivity index (χ0v) is 13.4. The van der Waals surface area contributed by atoms with Crippen molar-refractivity contribution < 1.29 is 31.2 Å². The fourth-order valence-corrected chi connectivity index (χ4v) is 3.49. The van der Waals surface area contributed by atoms with E-state index in [-0.39, 0.29) is 17.0 Å². The van der Waals surface area contributed by atoms with Gasteiger partial charge in [-0.1, -0.05) is 11.2 Å². The van der Waals surface area contributed by atoms with E-state index in [1.165, 1.54) is 6.20 Å². The first kappa shape index (κ1) is 17.0. The summed E-state index contributed by atoms with van der Waals surface area (Å²) in [6.45, 7) is 0. The average Bonchev–Trinajstić information content (AvgIpc) is 3.21. The molecule has 1 fully saturated rings. The summed E-state index contributed by atoms with van der Waals surface area (Å²) in [4.78, 5) is -0.562. The zero-order chi connectivity index (χ0) is 17.7. The van der Waals surface area contributed by atoms with Gasteiger partial charge in [-0.25, -0.2) is 8.42 Å². The van der Waals surface area contributed by atoms with Crippen LogP contribution in [-0.4, -0.2) is 24.9 Å². The van der Waals surface area contributed by atoms with Gasteiger partial charge in [0.05, 0.1) is 16.7 Å². The number of aliphatic hydroxyl groups is 1. The molecule has 1 aliphatic rings. The number of aliphatic hydroxyl groups excluding tert-OH is 1. The fourth-order valence-electron chi connectivity index (χ4n) is 2.54. The van der Waals surface area contributed by atoms with Crippen LogP contribution in [0.2, 0.25) is 0 Å². The van der Waals surface area contributed by atoms with Crippen molar-refractivity contribution in [2.24, 2.45) is 0 Å². The number of aromatic nitrogens is 1. The second kappa shape index (κ2) is 5.59. The molecule has 1 unspecified atom stereocenters. The lowest BCUT2D eigenvalue weighted by Crippen LogP contribution is -2.12. The van der Waals surface area contributed by atoms with Crippen LogP contribution in [0.3, 0.4) is 0 Å². The molecule has 24 heavy (non-hydrogen) atoms. The molecule has 1 heterocycles. The number of hydrogen-bond acceptors (Lipinski definition) is 5. The molecule has 1 saturated carbocycles. The van der Waals surface area contributed by atoms with Crippen LogP contribution in [-0.2, 0) is 16.0 Å². The molecule has 0 bridgehead atoms. The lowest BCUT2D eigenvalue weighted by molar-refractivity contribution is -0.137. The van der Waals surface area contributed by atoms with E-state index < -0.39 is 32.6 Å². The Balaban J connectivity index is 2.11. The van der Waals surface area contributed by atoms with Crippen LogP contribution < -0.4 is 0 Å². The van der Waals surface area contributed by atoms with Crippen molar-refractivity contribution in [2.45, 2.75) is 35.9 Å². The number of benzene rings is 1. The van der Waals surface area contributed by atoms with Gasteiger partial charge in [0.25, 0.3) is 0 Å². The predicted octanol–water partition coefficient (Wildman–Crippen LogP) is 3.06. The first-order valence-electron chi connectivity index (χ1n) is 7.12. The Bertz CT molecular complexity index is 869. The molecule has 0 aliphatic heterocycles. The van der Waals surface area contributed by atoms with Crippen LogP contribution in [0.15, 0.2) is 33.8 Å². The lowest BCUT2D eigenvalue weighted by atomic mass is 9.99. The van der Waals surface area contributed by atoms with E-state index >= 15 is 0 Å². The number of sulfone groups is 1. The Labute approximate surface area is 136 Å². The van der Waals surface area contributed by atoms with Crippen molar-refractivity contribution in [3.63, 3.8) is 0 Å². The molecule has 1 aliphatic carbocycles. The predicted molar refractivity (Wildman–Crippen MR) is 77.1 cm³/mol. The van der Waals surface area contributed by atoms with Gasteiger partial charge in [0.2, 0.25) is 0 Å². The van der Waals surface area contributed by atoms with Crippen molar-refractivity contribution in [3.05, 3.63) is 46.8 Å². The SMILES string of the molecule is CS(=O)(=O)c1cc(C(F)(F)F)ccc1C(O)c1cnoc1C1CC1. The highest BCUT2D eigenvalue weighted by Gasteiger charge is 2.36. The number of hydrogen-bond donors (Lipinski definition) is 1. The van der Waals surface area contributed by atoms with E-state index in [4.69, 9.17) is 4.52 Å². The lowest BCUT2D eigenvalue weighted by Gasteiger charge is -2.16. The monoisotopic (exact) mass is 361 g/mol. The molecule has 5 nitrogen and oxygen atoms in total. The number of rotatable bonds is 4. The number of nitrogens with zero attached hydrogens (tertiary/aromatic N) is 1. The summed E-state index contributed by atoms with van der Waals surface area (Å²) in [5.74, 6) is 0.551. The molecule has 130 valence electrons. The van der Waals surface area contributed by atoms with Gasteiger partial charge < -0.3 is 9.63 Å². The van der Waals surface area contributed by atoms with Gasteiger partial charge >= 0.3 is 6.18 Å². The minimum Gasteiger partial charge on any atom is -0.383 e. The molecule has 9 heteroatoms. The molecule has 3 rings (SSSR count). The molecule has 1 aromatic carbocycles. The van der Waals surface area contributed by atoms with E-state index in [0.29, 0.717) is 11.8 Å². The smallest absolute Gasteiger partial charge is 0.383 e. The summed E-state index contributed by atoms with van der Waals surface area (Å²) in [5, 5.41) is 14.1. The molecular weight excluding hydrogens is 347 g/mol. The van der Waals surface area contributed by atoms with Crippen molar-refractivity contribution in [2.75, 3.05) is 6.26 Å². The van der Waals surface area contributed by atoms with Crippen molar-refractivity contribution in [1.82, 2.24) is 5.16 Å². The standard InChI is InChI=1S/C15H14F3NO4S/c1-24(21,22)12-6-9(15(16,17)18)4-5-10(12)13(20)11-7-19-23-14(11)8-2-3-8/h4-8,13,20H,2-3H2,1H3.